The maximum absolute atomic E-state index is 4.56. The molecule has 0 aliphatic heterocycles. The Morgan fingerprint density at radius 1 is 1.40 bits per heavy atom. The monoisotopic (exact) mass is 217 g/mol. The van der Waals surface area contributed by atoms with Gasteiger partial charge < -0.3 is 5.32 Å². The first kappa shape index (κ1) is 8.88. The Kier molecular flexibility index (Phi) is 1.97. The van der Waals surface area contributed by atoms with Gasteiger partial charge in [-0.3, -0.25) is 4.40 Å². The molecule has 3 aromatic rings. The zero-order valence-corrected chi connectivity index (χ0v) is 9.21. The molecular weight excluding hydrogens is 206 g/mol. The minimum Gasteiger partial charge on any atom is -0.314 e. The molecule has 0 radical (unpaired) electrons. The second-order valence-corrected chi connectivity index (χ2v) is 4.49. The van der Waals surface area contributed by atoms with Crippen LogP contribution in [0.5, 0.6) is 0 Å². The summed E-state index contributed by atoms with van der Waals surface area (Å²) < 4.78 is 3.45. The predicted octanol–water partition coefficient (Wildman–Crippen LogP) is 2.27. The molecule has 2 heterocycles. The van der Waals surface area contributed by atoms with Crippen molar-refractivity contribution in [3.8, 4) is 0 Å². The van der Waals surface area contributed by atoms with E-state index in [-0.39, 0.29) is 0 Å². The van der Waals surface area contributed by atoms with Gasteiger partial charge in [0.2, 0.25) is 0 Å². The number of para-hydroxylation sites is 1. The van der Waals surface area contributed by atoms with Crippen LogP contribution in [0.25, 0.3) is 15.2 Å². The number of rotatable bonds is 2. The summed E-state index contributed by atoms with van der Waals surface area (Å²) in [6.45, 7) is 0.822. The normalized spacial score (nSPS) is 11.5. The molecule has 0 saturated carbocycles. The van der Waals surface area contributed by atoms with Gasteiger partial charge >= 0.3 is 0 Å². The number of hydrogen-bond acceptors (Lipinski definition) is 3. The molecule has 0 spiro atoms. The van der Waals surface area contributed by atoms with Crippen LogP contribution in [-0.2, 0) is 6.54 Å². The summed E-state index contributed by atoms with van der Waals surface area (Å²) in [4.78, 5) is 5.63. The Morgan fingerprint density at radius 3 is 3.13 bits per heavy atom. The molecule has 0 bridgehead atoms. The van der Waals surface area contributed by atoms with Crippen LogP contribution in [0.1, 0.15) is 5.69 Å². The number of fused-ring (bicyclic) bond motifs is 3. The molecule has 2 aromatic heterocycles. The van der Waals surface area contributed by atoms with Crippen molar-refractivity contribution < 1.29 is 0 Å². The van der Waals surface area contributed by atoms with Crippen LogP contribution in [-0.4, -0.2) is 16.4 Å². The van der Waals surface area contributed by atoms with E-state index in [1.54, 1.807) is 11.3 Å². The molecule has 0 unspecified atom stereocenters. The van der Waals surface area contributed by atoms with E-state index in [4.69, 9.17) is 0 Å². The molecule has 76 valence electrons. The highest BCUT2D eigenvalue weighted by atomic mass is 32.1. The lowest BCUT2D eigenvalue weighted by molar-refractivity contribution is 0.798. The van der Waals surface area contributed by atoms with Crippen LogP contribution in [0, 0.1) is 0 Å². The third-order valence-corrected chi connectivity index (χ3v) is 3.44. The second kappa shape index (κ2) is 3.32. The molecular formula is C11H11N3S. The quantitative estimate of drug-likeness (QED) is 0.713. The highest BCUT2D eigenvalue weighted by Gasteiger charge is 2.06. The van der Waals surface area contributed by atoms with Crippen molar-refractivity contribution in [2.24, 2.45) is 0 Å². The second-order valence-electron chi connectivity index (χ2n) is 3.48. The summed E-state index contributed by atoms with van der Waals surface area (Å²) >= 11 is 1.73. The van der Waals surface area contributed by atoms with E-state index in [1.165, 1.54) is 10.2 Å². The standard InChI is InChI=1S/C11H11N3S/c1-12-6-8-7-14-9-4-2-3-5-10(9)15-11(14)13-8/h2-5,7,12H,6H2,1H3. The molecule has 4 heteroatoms. The van der Waals surface area contributed by atoms with E-state index < -0.39 is 0 Å². The molecule has 0 saturated heterocycles. The van der Waals surface area contributed by atoms with Crippen LogP contribution in [0.2, 0.25) is 0 Å². The van der Waals surface area contributed by atoms with Crippen molar-refractivity contribution in [3.63, 3.8) is 0 Å². The lowest BCUT2D eigenvalue weighted by Gasteiger charge is -1.91. The summed E-state index contributed by atoms with van der Waals surface area (Å²) in [6, 6.07) is 8.38. The molecule has 0 fully saturated rings. The fraction of sp³-hybridized carbons (Fsp3) is 0.182. The number of thiazole rings is 1. The van der Waals surface area contributed by atoms with Crippen molar-refractivity contribution >= 4 is 26.5 Å². The summed E-state index contributed by atoms with van der Waals surface area (Å²) in [7, 11) is 1.94. The van der Waals surface area contributed by atoms with Gasteiger partial charge in [-0.05, 0) is 19.2 Å². The fourth-order valence-corrected chi connectivity index (χ4v) is 2.79. The van der Waals surface area contributed by atoms with Crippen LogP contribution >= 0.6 is 11.3 Å². The number of hydrogen-bond donors (Lipinski definition) is 1. The first-order valence-corrected chi connectivity index (χ1v) is 5.70. The Morgan fingerprint density at radius 2 is 2.27 bits per heavy atom. The van der Waals surface area contributed by atoms with Crippen molar-refractivity contribution in [1.82, 2.24) is 14.7 Å². The molecule has 3 rings (SSSR count). The number of aromatic nitrogens is 2. The Labute approximate surface area is 91.4 Å². The number of benzene rings is 1. The minimum atomic E-state index is 0.822. The third-order valence-electron chi connectivity index (χ3n) is 2.41. The van der Waals surface area contributed by atoms with Crippen LogP contribution < -0.4 is 5.32 Å². The minimum absolute atomic E-state index is 0.822. The maximum atomic E-state index is 4.56. The molecule has 0 atom stereocenters. The summed E-state index contributed by atoms with van der Waals surface area (Å²) in [5.41, 5.74) is 2.34. The van der Waals surface area contributed by atoms with E-state index in [0.29, 0.717) is 0 Å². The highest BCUT2D eigenvalue weighted by Crippen LogP contribution is 2.25. The molecule has 15 heavy (non-hydrogen) atoms. The first-order chi connectivity index (χ1) is 7.38. The molecule has 1 aromatic carbocycles. The van der Waals surface area contributed by atoms with E-state index in [2.05, 4.69) is 45.2 Å². The SMILES string of the molecule is CNCc1cn2c(n1)sc1ccccc12. The van der Waals surface area contributed by atoms with Gasteiger partial charge in [-0.25, -0.2) is 4.98 Å². The average molecular weight is 217 g/mol. The average Bonchev–Trinajstić information content (AvgIpc) is 2.75. The summed E-state index contributed by atoms with van der Waals surface area (Å²) in [5, 5.41) is 3.11. The third kappa shape index (κ3) is 1.33. The van der Waals surface area contributed by atoms with Crippen molar-refractivity contribution in [2.45, 2.75) is 6.54 Å². The van der Waals surface area contributed by atoms with Crippen LogP contribution in [0.3, 0.4) is 0 Å². The molecule has 3 nitrogen and oxygen atoms in total. The zero-order valence-electron chi connectivity index (χ0n) is 8.40. The maximum Gasteiger partial charge on any atom is 0.194 e. The van der Waals surface area contributed by atoms with Crippen molar-refractivity contribution in [3.05, 3.63) is 36.2 Å². The first-order valence-electron chi connectivity index (χ1n) is 4.88. The van der Waals surface area contributed by atoms with Gasteiger partial charge in [0.1, 0.15) is 0 Å². The number of nitrogens with zero attached hydrogens (tertiary/aromatic N) is 2. The smallest absolute Gasteiger partial charge is 0.194 e. The zero-order chi connectivity index (χ0) is 10.3. The molecule has 0 aliphatic carbocycles. The van der Waals surface area contributed by atoms with Gasteiger partial charge in [-0.1, -0.05) is 23.5 Å². The van der Waals surface area contributed by atoms with E-state index in [1.807, 2.05) is 7.05 Å². The Hall–Kier alpha value is -1.39. The van der Waals surface area contributed by atoms with Gasteiger partial charge in [0, 0.05) is 12.7 Å². The number of nitrogens with one attached hydrogen (secondary N) is 1. The van der Waals surface area contributed by atoms with Gasteiger partial charge in [-0.15, -0.1) is 0 Å². The lowest BCUT2D eigenvalue weighted by atomic mass is 10.3. The van der Waals surface area contributed by atoms with E-state index in [9.17, 15) is 0 Å². The van der Waals surface area contributed by atoms with E-state index >= 15 is 0 Å². The van der Waals surface area contributed by atoms with Crippen LogP contribution in [0.15, 0.2) is 30.5 Å². The van der Waals surface area contributed by atoms with Gasteiger partial charge in [0.25, 0.3) is 0 Å². The molecule has 1 N–H and O–H groups in total. The van der Waals surface area contributed by atoms with Crippen LogP contribution in [0.4, 0.5) is 0 Å². The molecule has 0 amide bonds. The topological polar surface area (TPSA) is 29.3 Å². The molecule has 0 aliphatic rings. The lowest BCUT2D eigenvalue weighted by Crippen LogP contribution is -2.04. The van der Waals surface area contributed by atoms with Gasteiger partial charge in [0.05, 0.1) is 15.9 Å². The Bertz CT molecular complexity index is 608. The summed E-state index contributed by atoms with van der Waals surface area (Å²) in [6.07, 6.45) is 2.10. The highest BCUT2D eigenvalue weighted by molar-refractivity contribution is 7.23. The summed E-state index contributed by atoms with van der Waals surface area (Å²) in [5.74, 6) is 0. The Balaban J connectivity index is 2.28. The largest absolute Gasteiger partial charge is 0.314 e. The van der Waals surface area contributed by atoms with Gasteiger partial charge in [-0.2, -0.15) is 0 Å². The fourth-order valence-electron chi connectivity index (χ4n) is 1.76. The predicted molar refractivity (Wildman–Crippen MR) is 63.3 cm³/mol. The van der Waals surface area contributed by atoms with Crippen molar-refractivity contribution in [2.75, 3.05) is 7.05 Å². The van der Waals surface area contributed by atoms with Crippen molar-refractivity contribution in [1.29, 1.82) is 0 Å². The van der Waals surface area contributed by atoms with E-state index in [0.717, 1.165) is 17.2 Å². The number of imidazole rings is 1. The van der Waals surface area contributed by atoms with Gasteiger partial charge in [0.15, 0.2) is 4.96 Å².